The Morgan fingerprint density at radius 3 is 2.60 bits per heavy atom. The molecule has 2 aromatic carbocycles. The molecule has 4 nitrogen and oxygen atoms in total. The van der Waals surface area contributed by atoms with Gasteiger partial charge in [0.15, 0.2) is 0 Å². The van der Waals surface area contributed by atoms with Crippen LogP contribution in [0.1, 0.15) is 17.9 Å². The molecule has 1 aliphatic carbocycles. The molecule has 1 N–H and O–H groups in total. The van der Waals surface area contributed by atoms with Gasteiger partial charge in [-0.2, -0.15) is 0 Å². The first-order chi connectivity index (χ1) is 9.66. The van der Waals surface area contributed by atoms with Crippen molar-refractivity contribution in [3.05, 3.63) is 69.2 Å². The van der Waals surface area contributed by atoms with Crippen LogP contribution >= 0.6 is 11.6 Å². The van der Waals surface area contributed by atoms with Crippen LogP contribution < -0.4 is 5.32 Å². The summed E-state index contributed by atoms with van der Waals surface area (Å²) in [7, 11) is 0. The summed E-state index contributed by atoms with van der Waals surface area (Å²) in [5.41, 5.74) is 1.69. The molecular weight excluding hydrogens is 276 g/mol. The second kappa shape index (κ2) is 5.13. The van der Waals surface area contributed by atoms with Crippen molar-refractivity contribution in [3.63, 3.8) is 0 Å². The van der Waals surface area contributed by atoms with E-state index in [9.17, 15) is 10.1 Å². The lowest BCUT2D eigenvalue weighted by Crippen LogP contribution is -2.07. The smallest absolute Gasteiger partial charge is 0.293 e. The molecule has 0 aromatic heterocycles. The van der Waals surface area contributed by atoms with E-state index in [4.69, 9.17) is 11.6 Å². The maximum Gasteiger partial charge on any atom is 0.293 e. The SMILES string of the molecule is O=[N+]([O-])c1cccc(Cl)c1NC1CC1c1ccccc1. The second-order valence-electron chi connectivity index (χ2n) is 4.89. The summed E-state index contributed by atoms with van der Waals surface area (Å²) in [6, 6.07) is 15.1. The molecule has 5 heteroatoms. The van der Waals surface area contributed by atoms with Crippen molar-refractivity contribution in [2.75, 3.05) is 5.32 Å². The summed E-state index contributed by atoms with van der Waals surface area (Å²) in [5.74, 6) is 0.395. The van der Waals surface area contributed by atoms with Gasteiger partial charge < -0.3 is 5.32 Å². The molecule has 0 spiro atoms. The Labute approximate surface area is 121 Å². The molecule has 0 amide bonds. The molecule has 2 aromatic rings. The molecule has 1 fully saturated rings. The molecule has 0 radical (unpaired) electrons. The summed E-state index contributed by atoms with van der Waals surface area (Å²) >= 11 is 6.07. The zero-order valence-corrected chi connectivity index (χ0v) is 11.4. The Bertz CT molecular complexity index is 646. The number of nitro groups is 1. The van der Waals surface area contributed by atoms with Crippen LogP contribution in [0.2, 0.25) is 5.02 Å². The Morgan fingerprint density at radius 2 is 1.90 bits per heavy atom. The first kappa shape index (κ1) is 12.9. The fourth-order valence-corrected chi connectivity index (χ4v) is 2.64. The number of nitro benzene ring substituents is 1. The van der Waals surface area contributed by atoms with Crippen LogP contribution in [0, 0.1) is 10.1 Å². The maximum atomic E-state index is 11.0. The predicted molar refractivity (Wildman–Crippen MR) is 79.3 cm³/mol. The molecule has 3 rings (SSSR count). The van der Waals surface area contributed by atoms with Crippen molar-refractivity contribution in [2.45, 2.75) is 18.4 Å². The number of halogens is 1. The van der Waals surface area contributed by atoms with Gasteiger partial charge in [0.1, 0.15) is 5.69 Å². The number of rotatable bonds is 4. The number of nitrogens with one attached hydrogen (secondary N) is 1. The van der Waals surface area contributed by atoms with Crippen molar-refractivity contribution >= 4 is 23.0 Å². The van der Waals surface area contributed by atoms with Crippen LogP contribution in [0.3, 0.4) is 0 Å². The van der Waals surface area contributed by atoms with E-state index in [0.717, 1.165) is 6.42 Å². The topological polar surface area (TPSA) is 55.2 Å². The lowest BCUT2D eigenvalue weighted by Gasteiger charge is -2.08. The lowest BCUT2D eigenvalue weighted by molar-refractivity contribution is -0.384. The third kappa shape index (κ3) is 2.47. The van der Waals surface area contributed by atoms with Gasteiger partial charge in [-0.05, 0) is 18.1 Å². The molecule has 2 atom stereocenters. The Morgan fingerprint density at radius 1 is 1.15 bits per heavy atom. The zero-order chi connectivity index (χ0) is 14.1. The van der Waals surface area contributed by atoms with Gasteiger partial charge in [0.25, 0.3) is 5.69 Å². The van der Waals surface area contributed by atoms with E-state index in [0.29, 0.717) is 16.6 Å². The van der Waals surface area contributed by atoms with Crippen molar-refractivity contribution in [1.82, 2.24) is 0 Å². The molecule has 20 heavy (non-hydrogen) atoms. The van der Waals surface area contributed by atoms with Crippen molar-refractivity contribution in [2.24, 2.45) is 0 Å². The first-order valence-corrected chi connectivity index (χ1v) is 6.79. The normalized spacial score (nSPS) is 20.4. The maximum absolute atomic E-state index is 11.0. The third-order valence-corrected chi connectivity index (χ3v) is 3.85. The highest BCUT2D eigenvalue weighted by atomic mass is 35.5. The van der Waals surface area contributed by atoms with Crippen molar-refractivity contribution < 1.29 is 4.92 Å². The van der Waals surface area contributed by atoms with Crippen LogP contribution in [0.15, 0.2) is 48.5 Å². The van der Waals surface area contributed by atoms with E-state index < -0.39 is 4.92 Å². The van der Waals surface area contributed by atoms with E-state index in [1.165, 1.54) is 11.6 Å². The number of hydrogen-bond acceptors (Lipinski definition) is 3. The number of para-hydroxylation sites is 1. The Balaban J connectivity index is 1.79. The highest BCUT2D eigenvalue weighted by molar-refractivity contribution is 6.33. The lowest BCUT2D eigenvalue weighted by atomic mass is 10.1. The summed E-state index contributed by atoms with van der Waals surface area (Å²) in [6.07, 6.45) is 0.965. The number of nitrogens with zero attached hydrogens (tertiary/aromatic N) is 1. The van der Waals surface area contributed by atoms with E-state index in [1.54, 1.807) is 12.1 Å². The molecule has 0 aliphatic heterocycles. The molecular formula is C15H13ClN2O2. The fourth-order valence-electron chi connectivity index (χ4n) is 2.42. The quantitative estimate of drug-likeness (QED) is 0.677. The van der Waals surface area contributed by atoms with E-state index in [1.807, 2.05) is 18.2 Å². The molecule has 2 unspecified atom stereocenters. The Kier molecular flexibility index (Phi) is 3.32. The van der Waals surface area contributed by atoms with Gasteiger partial charge in [-0.1, -0.05) is 48.0 Å². The van der Waals surface area contributed by atoms with E-state index in [-0.39, 0.29) is 11.7 Å². The summed E-state index contributed by atoms with van der Waals surface area (Å²) in [5, 5.41) is 14.6. The highest BCUT2D eigenvalue weighted by Crippen LogP contribution is 2.45. The Hall–Kier alpha value is -2.07. The molecule has 0 bridgehead atoms. The van der Waals surface area contributed by atoms with Gasteiger partial charge in [-0.15, -0.1) is 0 Å². The van der Waals surface area contributed by atoms with Gasteiger partial charge >= 0.3 is 0 Å². The van der Waals surface area contributed by atoms with Gasteiger partial charge in [-0.3, -0.25) is 10.1 Å². The highest BCUT2D eigenvalue weighted by Gasteiger charge is 2.39. The fraction of sp³-hybridized carbons (Fsp3) is 0.200. The average molecular weight is 289 g/mol. The molecule has 1 aliphatic rings. The van der Waals surface area contributed by atoms with Crippen molar-refractivity contribution in [1.29, 1.82) is 0 Å². The first-order valence-electron chi connectivity index (χ1n) is 6.41. The number of benzene rings is 2. The van der Waals surface area contributed by atoms with Gasteiger partial charge in [0, 0.05) is 18.0 Å². The van der Waals surface area contributed by atoms with Crippen LogP contribution in [0.25, 0.3) is 0 Å². The number of anilines is 1. The van der Waals surface area contributed by atoms with Crippen LogP contribution in [-0.2, 0) is 0 Å². The van der Waals surface area contributed by atoms with Gasteiger partial charge in [-0.25, -0.2) is 0 Å². The second-order valence-corrected chi connectivity index (χ2v) is 5.30. The summed E-state index contributed by atoms with van der Waals surface area (Å²) < 4.78 is 0. The summed E-state index contributed by atoms with van der Waals surface area (Å²) in [6.45, 7) is 0. The minimum Gasteiger partial charge on any atom is -0.375 e. The molecule has 0 saturated heterocycles. The number of hydrogen-bond donors (Lipinski definition) is 1. The van der Waals surface area contributed by atoms with Crippen LogP contribution in [0.4, 0.5) is 11.4 Å². The van der Waals surface area contributed by atoms with Gasteiger partial charge in [0.2, 0.25) is 0 Å². The average Bonchev–Trinajstić information content (AvgIpc) is 3.21. The molecule has 0 heterocycles. The van der Waals surface area contributed by atoms with Crippen LogP contribution in [-0.4, -0.2) is 11.0 Å². The van der Waals surface area contributed by atoms with E-state index in [2.05, 4.69) is 17.4 Å². The largest absolute Gasteiger partial charge is 0.375 e. The minimum absolute atomic E-state index is 0.0243. The van der Waals surface area contributed by atoms with Crippen LogP contribution in [0.5, 0.6) is 0 Å². The minimum atomic E-state index is -0.409. The van der Waals surface area contributed by atoms with E-state index >= 15 is 0 Å². The summed E-state index contributed by atoms with van der Waals surface area (Å²) in [4.78, 5) is 10.6. The standard InChI is InChI=1S/C15H13ClN2O2/c16-12-7-4-8-14(18(19)20)15(12)17-13-9-11(13)10-5-2-1-3-6-10/h1-8,11,13,17H,9H2. The van der Waals surface area contributed by atoms with Gasteiger partial charge in [0.05, 0.1) is 9.95 Å². The third-order valence-electron chi connectivity index (χ3n) is 3.54. The zero-order valence-electron chi connectivity index (χ0n) is 10.6. The molecule has 102 valence electrons. The predicted octanol–water partition coefficient (Wildman–Crippen LogP) is 4.22. The van der Waals surface area contributed by atoms with Crippen molar-refractivity contribution in [3.8, 4) is 0 Å². The monoisotopic (exact) mass is 288 g/mol. The molecule has 1 saturated carbocycles.